The van der Waals surface area contributed by atoms with Crippen LogP contribution < -0.4 is 5.32 Å². The largest absolute Gasteiger partial charge is 0.358 e. The van der Waals surface area contributed by atoms with Crippen molar-refractivity contribution in [3.63, 3.8) is 0 Å². The van der Waals surface area contributed by atoms with Gasteiger partial charge in [0.15, 0.2) is 11.5 Å². The number of anilines is 1. The standard InChI is InChI=1S/C15H13BrN6O3/c1-9-3-2-4-10(7-9)8-21-6-5-11(20-21)17-15(23)13-12(16)14(19-18-13)22(24)25/h2-7H,8H2,1H3,(H,18,19)(H,17,20,23). The molecule has 2 N–H and O–H groups in total. The SMILES string of the molecule is Cc1cccc(Cn2ccc(NC(=O)c3n[nH]c([N+](=O)[O-])c3Br)n2)c1. The van der Waals surface area contributed by atoms with E-state index in [2.05, 4.69) is 42.6 Å². The third-order valence-electron chi connectivity index (χ3n) is 3.40. The lowest BCUT2D eigenvalue weighted by Crippen LogP contribution is -2.14. The fourth-order valence-corrected chi connectivity index (χ4v) is 2.78. The van der Waals surface area contributed by atoms with Crippen molar-refractivity contribution < 1.29 is 9.72 Å². The van der Waals surface area contributed by atoms with Gasteiger partial charge in [-0.1, -0.05) is 34.9 Å². The number of aromatic amines is 1. The first-order chi connectivity index (χ1) is 11.9. The molecule has 2 heterocycles. The summed E-state index contributed by atoms with van der Waals surface area (Å²) >= 11 is 3.00. The van der Waals surface area contributed by atoms with Gasteiger partial charge in [-0.2, -0.15) is 5.10 Å². The van der Waals surface area contributed by atoms with Gasteiger partial charge in [0.25, 0.3) is 5.91 Å². The van der Waals surface area contributed by atoms with E-state index < -0.39 is 10.8 Å². The first-order valence-electron chi connectivity index (χ1n) is 7.22. The molecule has 1 amide bonds. The third-order valence-corrected chi connectivity index (χ3v) is 4.15. The van der Waals surface area contributed by atoms with Gasteiger partial charge in [0, 0.05) is 12.3 Å². The van der Waals surface area contributed by atoms with Crippen LogP contribution in [0.15, 0.2) is 41.0 Å². The predicted molar refractivity (Wildman–Crippen MR) is 93.4 cm³/mol. The number of amides is 1. The molecule has 2 aromatic heterocycles. The second-order valence-electron chi connectivity index (χ2n) is 5.33. The number of nitro groups is 1. The Labute approximate surface area is 150 Å². The number of carbonyl (C=O) groups is 1. The average molecular weight is 405 g/mol. The number of rotatable bonds is 5. The van der Waals surface area contributed by atoms with E-state index in [1.54, 1.807) is 16.9 Å². The normalized spacial score (nSPS) is 10.6. The zero-order valence-corrected chi connectivity index (χ0v) is 14.6. The maximum absolute atomic E-state index is 12.2. The number of halogens is 1. The number of hydrogen-bond acceptors (Lipinski definition) is 5. The Morgan fingerprint density at radius 3 is 2.92 bits per heavy atom. The lowest BCUT2D eigenvalue weighted by Gasteiger charge is -2.03. The number of H-pyrrole nitrogens is 1. The van der Waals surface area contributed by atoms with Crippen LogP contribution >= 0.6 is 15.9 Å². The molecule has 3 rings (SSSR count). The summed E-state index contributed by atoms with van der Waals surface area (Å²) in [6.07, 6.45) is 1.74. The Bertz CT molecular complexity index is 948. The first kappa shape index (κ1) is 16.8. The van der Waals surface area contributed by atoms with Crippen molar-refractivity contribution in [2.75, 3.05) is 5.32 Å². The quantitative estimate of drug-likeness (QED) is 0.500. The molecule has 0 unspecified atom stereocenters. The highest BCUT2D eigenvalue weighted by Crippen LogP contribution is 2.25. The molecule has 0 spiro atoms. The van der Waals surface area contributed by atoms with Crippen molar-refractivity contribution in [3.8, 4) is 0 Å². The molecule has 0 radical (unpaired) electrons. The minimum Gasteiger partial charge on any atom is -0.358 e. The van der Waals surface area contributed by atoms with Crippen LogP contribution in [0.1, 0.15) is 21.6 Å². The van der Waals surface area contributed by atoms with Gasteiger partial charge in [-0.15, -0.1) is 5.10 Å². The molecule has 10 heteroatoms. The van der Waals surface area contributed by atoms with Crippen molar-refractivity contribution in [1.29, 1.82) is 0 Å². The number of carbonyl (C=O) groups excluding carboxylic acids is 1. The Morgan fingerprint density at radius 1 is 1.44 bits per heavy atom. The number of nitrogens with zero attached hydrogens (tertiary/aromatic N) is 4. The topological polar surface area (TPSA) is 119 Å². The van der Waals surface area contributed by atoms with E-state index in [1.165, 1.54) is 0 Å². The molecule has 0 aliphatic carbocycles. The molecular formula is C15H13BrN6O3. The van der Waals surface area contributed by atoms with Gasteiger partial charge in [-0.05, 0) is 33.3 Å². The average Bonchev–Trinajstić information content (AvgIpc) is 3.14. The molecule has 128 valence electrons. The molecule has 9 nitrogen and oxygen atoms in total. The number of hydrogen-bond donors (Lipinski definition) is 2. The van der Waals surface area contributed by atoms with E-state index in [4.69, 9.17) is 0 Å². The summed E-state index contributed by atoms with van der Waals surface area (Å²) in [6, 6.07) is 9.67. The molecule has 3 aromatic rings. The van der Waals surface area contributed by atoms with E-state index in [-0.39, 0.29) is 16.0 Å². The van der Waals surface area contributed by atoms with Crippen molar-refractivity contribution in [2.45, 2.75) is 13.5 Å². The van der Waals surface area contributed by atoms with Crippen molar-refractivity contribution >= 4 is 33.5 Å². The van der Waals surface area contributed by atoms with Gasteiger partial charge < -0.3 is 15.4 Å². The Kier molecular flexibility index (Phi) is 4.61. The number of aryl methyl sites for hydroxylation is 1. The summed E-state index contributed by atoms with van der Waals surface area (Å²) in [4.78, 5) is 22.3. The van der Waals surface area contributed by atoms with E-state index in [0.717, 1.165) is 11.1 Å². The van der Waals surface area contributed by atoms with Crippen LogP contribution in [0.2, 0.25) is 0 Å². The van der Waals surface area contributed by atoms with Crippen LogP contribution in [-0.4, -0.2) is 30.8 Å². The summed E-state index contributed by atoms with van der Waals surface area (Å²) in [7, 11) is 0. The number of nitrogens with one attached hydrogen (secondary N) is 2. The zero-order chi connectivity index (χ0) is 18.0. The van der Waals surface area contributed by atoms with Crippen molar-refractivity contribution in [1.82, 2.24) is 20.0 Å². The molecular weight excluding hydrogens is 392 g/mol. The van der Waals surface area contributed by atoms with Gasteiger partial charge >= 0.3 is 5.82 Å². The van der Waals surface area contributed by atoms with Crippen LogP contribution in [0.5, 0.6) is 0 Å². The predicted octanol–water partition coefficient (Wildman–Crippen LogP) is 2.89. The highest BCUT2D eigenvalue weighted by atomic mass is 79.9. The van der Waals surface area contributed by atoms with Gasteiger partial charge in [0.05, 0.1) is 6.54 Å². The van der Waals surface area contributed by atoms with Crippen molar-refractivity contribution in [3.05, 3.63) is 67.9 Å². The summed E-state index contributed by atoms with van der Waals surface area (Å²) in [5.41, 5.74) is 2.13. The van der Waals surface area contributed by atoms with E-state index in [0.29, 0.717) is 12.4 Å². The maximum atomic E-state index is 12.2. The summed E-state index contributed by atoms with van der Waals surface area (Å²) in [5, 5.41) is 23.5. The van der Waals surface area contributed by atoms with Gasteiger partial charge in [-0.3, -0.25) is 9.48 Å². The van der Waals surface area contributed by atoms with Gasteiger partial charge in [0.2, 0.25) is 0 Å². The Morgan fingerprint density at radius 2 is 2.24 bits per heavy atom. The van der Waals surface area contributed by atoms with E-state index >= 15 is 0 Å². The minimum absolute atomic E-state index is 0.00538. The lowest BCUT2D eigenvalue weighted by molar-refractivity contribution is -0.390. The fraction of sp³-hybridized carbons (Fsp3) is 0.133. The lowest BCUT2D eigenvalue weighted by atomic mass is 10.1. The summed E-state index contributed by atoms with van der Waals surface area (Å²) in [6.45, 7) is 2.58. The van der Waals surface area contributed by atoms with Crippen LogP contribution in [0, 0.1) is 17.0 Å². The fourth-order valence-electron chi connectivity index (χ4n) is 2.28. The Balaban J connectivity index is 1.71. The monoisotopic (exact) mass is 404 g/mol. The van der Waals surface area contributed by atoms with Gasteiger partial charge in [-0.25, -0.2) is 0 Å². The summed E-state index contributed by atoms with van der Waals surface area (Å²) in [5.74, 6) is -0.651. The second kappa shape index (κ2) is 6.85. The maximum Gasteiger partial charge on any atom is 0.357 e. The molecule has 0 saturated heterocycles. The third kappa shape index (κ3) is 3.74. The molecule has 25 heavy (non-hydrogen) atoms. The van der Waals surface area contributed by atoms with Crippen molar-refractivity contribution in [2.24, 2.45) is 0 Å². The molecule has 0 aliphatic rings. The van der Waals surface area contributed by atoms with E-state index in [1.807, 2.05) is 25.1 Å². The Hall–Kier alpha value is -3.01. The zero-order valence-electron chi connectivity index (χ0n) is 13.1. The van der Waals surface area contributed by atoms with Crippen LogP contribution in [0.3, 0.4) is 0 Å². The van der Waals surface area contributed by atoms with Crippen LogP contribution in [-0.2, 0) is 6.54 Å². The number of benzene rings is 1. The highest BCUT2D eigenvalue weighted by molar-refractivity contribution is 9.10. The minimum atomic E-state index is -0.662. The highest BCUT2D eigenvalue weighted by Gasteiger charge is 2.25. The second-order valence-corrected chi connectivity index (χ2v) is 6.13. The molecule has 0 atom stereocenters. The smallest absolute Gasteiger partial charge is 0.357 e. The van der Waals surface area contributed by atoms with E-state index in [9.17, 15) is 14.9 Å². The molecule has 0 bridgehead atoms. The van der Waals surface area contributed by atoms with Crippen LogP contribution in [0.4, 0.5) is 11.6 Å². The summed E-state index contributed by atoms with van der Waals surface area (Å²) < 4.78 is 1.68. The number of aromatic nitrogens is 4. The van der Waals surface area contributed by atoms with Crippen LogP contribution in [0.25, 0.3) is 0 Å². The first-order valence-corrected chi connectivity index (χ1v) is 8.02. The molecule has 0 aliphatic heterocycles. The molecule has 0 saturated carbocycles. The van der Waals surface area contributed by atoms with Gasteiger partial charge in [0.1, 0.15) is 4.47 Å². The molecule has 1 aromatic carbocycles. The molecule has 0 fully saturated rings.